The second kappa shape index (κ2) is 4.83. The Bertz CT molecular complexity index is 290. The molecule has 0 amide bonds. The first kappa shape index (κ1) is 13.0. The summed E-state index contributed by atoms with van der Waals surface area (Å²) in [6, 6.07) is 0. The van der Waals surface area contributed by atoms with Crippen LogP contribution in [-0.2, 0) is 9.84 Å². The second-order valence-electron chi connectivity index (χ2n) is 5.09. The molecule has 1 aliphatic rings. The van der Waals surface area contributed by atoms with Crippen LogP contribution in [0.5, 0.6) is 0 Å². The average Bonchev–Trinajstić information content (AvgIpc) is 2.16. The zero-order valence-corrected chi connectivity index (χ0v) is 10.6. The molecule has 0 spiro atoms. The van der Waals surface area contributed by atoms with Crippen molar-refractivity contribution in [1.29, 1.82) is 0 Å². The number of hydrogen-bond acceptors (Lipinski definition) is 3. The molecule has 15 heavy (non-hydrogen) atoms. The van der Waals surface area contributed by atoms with Crippen LogP contribution < -0.4 is 5.73 Å². The van der Waals surface area contributed by atoms with E-state index in [1.54, 1.807) is 0 Å². The summed E-state index contributed by atoms with van der Waals surface area (Å²) in [5.41, 5.74) is 6.01. The van der Waals surface area contributed by atoms with Gasteiger partial charge < -0.3 is 5.73 Å². The normalized spacial score (nSPS) is 32.9. The van der Waals surface area contributed by atoms with Gasteiger partial charge in [0, 0.05) is 11.8 Å². The lowest BCUT2D eigenvalue weighted by Gasteiger charge is -2.36. The van der Waals surface area contributed by atoms with Crippen molar-refractivity contribution in [2.24, 2.45) is 11.7 Å². The number of rotatable bonds is 4. The minimum absolute atomic E-state index is 0.214. The van der Waals surface area contributed by atoms with Crippen LogP contribution in [0.1, 0.15) is 45.4 Å². The first-order chi connectivity index (χ1) is 6.85. The summed E-state index contributed by atoms with van der Waals surface area (Å²) in [5, 5.41) is 0. The van der Waals surface area contributed by atoms with Gasteiger partial charge in [-0.2, -0.15) is 0 Å². The Hall–Kier alpha value is -0.0900. The third-order valence-electron chi connectivity index (χ3n) is 3.65. The number of hydrogen-bond donors (Lipinski definition) is 1. The van der Waals surface area contributed by atoms with Crippen LogP contribution in [0, 0.1) is 5.92 Å². The van der Waals surface area contributed by atoms with Gasteiger partial charge in [-0.25, -0.2) is 8.42 Å². The topological polar surface area (TPSA) is 60.2 Å². The summed E-state index contributed by atoms with van der Waals surface area (Å²) in [6.45, 7) is 2.21. The van der Waals surface area contributed by atoms with Crippen molar-refractivity contribution in [1.82, 2.24) is 0 Å². The molecule has 0 heterocycles. The van der Waals surface area contributed by atoms with E-state index in [1.807, 2.05) is 0 Å². The Labute approximate surface area is 93.3 Å². The maximum Gasteiger partial charge on any atom is 0.147 e. The third-order valence-corrected chi connectivity index (χ3v) is 4.59. The first-order valence-electron chi connectivity index (χ1n) is 5.81. The fourth-order valence-electron chi connectivity index (χ4n) is 2.30. The number of sulfone groups is 1. The Morgan fingerprint density at radius 1 is 1.33 bits per heavy atom. The van der Waals surface area contributed by atoms with Crippen LogP contribution in [0.25, 0.3) is 0 Å². The van der Waals surface area contributed by atoms with E-state index in [1.165, 1.54) is 12.7 Å². The van der Waals surface area contributed by atoms with Gasteiger partial charge in [-0.05, 0) is 38.0 Å². The van der Waals surface area contributed by atoms with Gasteiger partial charge in [-0.15, -0.1) is 0 Å². The molecule has 4 heteroatoms. The Balaban J connectivity index is 2.42. The van der Waals surface area contributed by atoms with Crippen molar-refractivity contribution < 1.29 is 8.42 Å². The quantitative estimate of drug-likeness (QED) is 0.804. The van der Waals surface area contributed by atoms with Gasteiger partial charge in [-0.1, -0.05) is 13.3 Å². The van der Waals surface area contributed by atoms with E-state index in [9.17, 15) is 8.42 Å². The Morgan fingerprint density at radius 2 is 1.87 bits per heavy atom. The molecule has 1 aliphatic carbocycles. The van der Waals surface area contributed by atoms with E-state index in [2.05, 4.69) is 6.92 Å². The molecule has 0 saturated heterocycles. The van der Waals surface area contributed by atoms with Crippen molar-refractivity contribution in [3.05, 3.63) is 0 Å². The lowest BCUT2D eigenvalue weighted by atomic mass is 9.75. The van der Waals surface area contributed by atoms with Crippen LogP contribution in [0.2, 0.25) is 0 Å². The third kappa shape index (κ3) is 4.51. The molecule has 0 aromatic rings. The molecular weight excluding hydrogens is 210 g/mol. The van der Waals surface area contributed by atoms with Crippen LogP contribution in [-0.4, -0.2) is 26.0 Å². The van der Waals surface area contributed by atoms with Crippen LogP contribution >= 0.6 is 0 Å². The summed E-state index contributed by atoms with van der Waals surface area (Å²) in [5.74, 6) is 1.04. The predicted octanol–water partition coefficient (Wildman–Crippen LogP) is 1.72. The van der Waals surface area contributed by atoms with Crippen molar-refractivity contribution in [2.45, 2.75) is 51.0 Å². The fourth-order valence-corrected chi connectivity index (χ4v) is 3.08. The maximum atomic E-state index is 11.1. The van der Waals surface area contributed by atoms with Crippen LogP contribution in [0.3, 0.4) is 0 Å². The molecule has 0 atom stereocenters. The van der Waals surface area contributed by atoms with E-state index in [0.717, 1.165) is 31.6 Å². The van der Waals surface area contributed by atoms with E-state index >= 15 is 0 Å². The monoisotopic (exact) mass is 233 g/mol. The molecule has 0 bridgehead atoms. The van der Waals surface area contributed by atoms with Crippen molar-refractivity contribution in [2.75, 3.05) is 12.0 Å². The molecule has 2 N–H and O–H groups in total. The van der Waals surface area contributed by atoms with Crippen LogP contribution in [0.15, 0.2) is 0 Å². The smallest absolute Gasteiger partial charge is 0.147 e. The average molecular weight is 233 g/mol. The van der Waals surface area contributed by atoms with Crippen molar-refractivity contribution in [3.63, 3.8) is 0 Å². The lowest BCUT2D eigenvalue weighted by molar-refractivity contribution is 0.224. The molecule has 1 saturated carbocycles. The van der Waals surface area contributed by atoms with Crippen LogP contribution in [0.4, 0.5) is 0 Å². The molecule has 0 radical (unpaired) electrons. The Kier molecular flexibility index (Phi) is 4.18. The molecule has 1 fully saturated rings. The highest BCUT2D eigenvalue weighted by Gasteiger charge is 2.31. The lowest BCUT2D eigenvalue weighted by Crippen LogP contribution is -2.44. The van der Waals surface area contributed by atoms with Crippen molar-refractivity contribution in [3.8, 4) is 0 Å². The van der Waals surface area contributed by atoms with Gasteiger partial charge in [-0.3, -0.25) is 0 Å². The fraction of sp³-hybridized carbons (Fsp3) is 1.00. The molecule has 1 rings (SSSR count). The van der Waals surface area contributed by atoms with E-state index in [0.29, 0.717) is 6.42 Å². The second-order valence-corrected chi connectivity index (χ2v) is 7.35. The predicted molar refractivity (Wildman–Crippen MR) is 63.5 cm³/mol. The first-order valence-corrected chi connectivity index (χ1v) is 7.87. The molecule has 0 aromatic heterocycles. The number of nitrogens with two attached hydrogens (primary N) is 1. The molecule has 0 unspecified atom stereocenters. The van der Waals surface area contributed by atoms with E-state index in [4.69, 9.17) is 5.73 Å². The highest BCUT2D eigenvalue weighted by atomic mass is 32.2. The molecule has 0 aromatic carbocycles. The van der Waals surface area contributed by atoms with Gasteiger partial charge in [0.1, 0.15) is 9.84 Å². The minimum atomic E-state index is -2.86. The Morgan fingerprint density at radius 3 is 2.27 bits per heavy atom. The maximum absolute atomic E-state index is 11.1. The van der Waals surface area contributed by atoms with E-state index < -0.39 is 9.84 Å². The standard InChI is InChI=1S/C11H23NO2S/c1-3-10-4-6-11(12,7-5-10)8-9-15(2,13)14/h10H,3-9,12H2,1-2H3. The summed E-state index contributed by atoms with van der Waals surface area (Å²) in [7, 11) is -2.86. The van der Waals surface area contributed by atoms with E-state index in [-0.39, 0.29) is 11.3 Å². The summed E-state index contributed by atoms with van der Waals surface area (Å²) >= 11 is 0. The highest BCUT2D eigenvalue weighted by Crippen LogP contribution is 2.34. The van der Waals surface area contributed by atoms with Gasteiger partial charge in [0.25, 0.3) is 0 Å². The zero-order chi connectivity index (χ0) is 11.5. The van der Waals surface area contributed by atoms with Gasteiger partial charge >= 0.3 is 0 Å². The van der Waals surface area contributed by atoms with Gasteiger partial charge in [0.15, 0.2) is 0 Å². The summed E-state index contributed by atoms with van der Waals surface area (Å²) in [4.78, 5) is 0. The molecular formula is C11H23NO2S. The highest BCUT2D eigenvalue weighted by molar-refractivity contribution is 7.90. The zero-order valence-electron chi connectivity index (χ0n) is 9.83. The minimum Gasteiger partial charge on any atom is -0.325 e. The largest absolute Gasteiger partial charge is 0.325 e. The molecule has 90 valence electrons. The summed E-state index contributed by atoms with van der Waals surface area (Å²) < 4.78 is 22.2. The molecule has 0 aliphatic heterocycles. The van der Waals surface area contributed by atoms with Gasteiger partial charge in [0.05, 0.1) is 5.75 Å². The van der Waals surface area contributed by atoms with Crippen molar-refractivity contribution >= 4 is 9.84 Å². The SMILES string of the molecule is CCC1CCC(N)(CCS(C)(=O)=O)CC1. The van der Waals surface area contributed by atoms with Gasteiger partial charge in [0.2, 0.25) is 0 Å². The molecule has 3 nitrogen and oxygen atoms in total. The summed E-state index contributed by atoms with van der Waals surface area (Å²) in [6.07, 6.45) is 7.44.